The summed E-state index contributed by atoms with van der Waals surface area (Å²) in [4.78, 5) is 18.2. The van der Waals surface area contributed by atoms with Gasteiger partial charge < -0.3 is 0 Å². The summed E-state index contributed by atoms with van der Waals surface area (Å²) in [5.41, 5.74) is 0.102. The zero-order valence-corrected chi connectivity index (χ0v) is 24.3. The van der Waals surface area contributed by atoms with Crippen molar-refractivity contribution in [3.8, 4) is 0 Å². The molecule has 1 aliphatic rings. The monoisotopic (exact) mass is 613 g/mol. The van der Waals surface area contributed by atoms with Crippen molar-refractivity contribution >= 4 is 66.6 Å². The second kappa shape index (κ2) is 11.9. The number of rotatable bonds is 9. The van der Waals surface area contributed by atoms with Crippen molar-refractivity contribution in [2.45, 2.75) is 52.2 Å². The van der Waals surface area contributed by atoms with Crippen LogP contribution in [0.1, 0.15) is 43.1 Å². The van der Waals surface area contributed by atoms with Crippen molar-refractivity contribution < 1.29 is 21.6 Å². The van der Waals surface area contributed by atoms with Gasteiger partial charge in [0.15, 0.2) is 5.78 Å². The van der Waals surface area contributed by atoms with Crippen LogP contribution in [0.3, 0.4) is 0 Å². The predicted molar refractivity (Wildman–Crippen MR) is 149 cm³/mol. The molecule has 0 aliphatic carbocycles. The number of hydrogen-bond donors (Lipinski definition) is 1. The summed E-state index contributed by atoms with van der Waals surface area (Å²) in [5.74, 6) is -0.317. The predicted octanol–water partition coefficient (Wildman–Crippen LogP) is 6.11. The summed E-state index contributed by atoms with van der Waals surface area (Å²) in [5, 5.41) is 0.245. The number of anilines is 1. The van der Waals surface area contributed by atoms with Crippen molar-refractivity contribution in [3.63, 3.8) is 0 Å². The van der Waals surface area contributed by atoms with Crippen LogP contribution in [0.2, 0.25) is 10.0 Å². The first-order valence-corrected chi connectivity index (χ1v) is 16.3. The highest BCUT2D eigenvalue weighted by atomic mass is 35.5. The molecule has 13 heteroatoms. The first kappa shape index (κ1) is 28.8. The summed E-state index contributed by atoms with van der Waals surface area (Å²) in [6.45, 7) is 2.73. The third-order valence-corrected chi connectivity index (χ3v) is 10.9. The Kier molecular flexibility index (Phi) is 9.06. The largest absolute Gasteiger partial charge is 0.292 e. The van der Waals surface area contributed by atoms with Gasteiger partial charge in [0.2, 0.25) is 10.0 Å². The molecular weight excluding hydrogens is 589 g/mol. The smallest absolute Gasteiger partial charge is 0.264 e. The second-order valence-corrected chi connectivity index (χ2v) is 14.1. The Balaban J connectivity index is 1.57. The van der Waals surface area contributed by atoms with E-state index in [1.165, 1.54) is 40.3 Å². The Hall–Kier alpha value is -2.15. The molecule has 0 spiro atoms. The van der Waals surface area contributed by atoms with Crippen LogP contribution in [0.4, 0.5) is 5.82 Å². The molecule has 0 amide bonds. The number of carbonyl (C=O) groups excluding carboxylic acids is 1. The highest BCUT2D eigenvalue weighted by molar-refractivity contribution is 7.99. The highest BCUT2D eigenvalue weighted by Gasteiger charge is 2.26. The molecule has 202 valence electrons. The standard InChI is InChI=1S/C25H25Cl2N3O5S3/c1-2-21(31)25-22(11-13-24(28-25)29-37(32,33)23-12-6-17(26)16-20(23)27)36-18-7-9-19(10-8-18)38(34,35)30-14-4-3-5-15-30/h6-13,16H,2-5,14-15H2,1H3,(H,28,29). The maximum absolute atomic E-state index is 12.9. The minimum absolute atomic E-state index is 0.0415. The molecule has 0 bridgehead atoms. The topological polar surface area (TPSA) is 114 Å². The maximum atomic E-state index is 12.9. The minimum atomic E-state index is -4.09. The SMILES string of the molecule is CCC(=O)c1nc(NS(=O)(=O)c2ccc(Cl)cc2Cl)ccc1Sc1ccc(S(=O)(=O)N2CCCCC2)cc1. The molecule has 1 saturated heterocycles. The molecule has 2 aromatic carbocycles. The van der Waals surface area contributed by atoms with Crippen LogP contribution in [0.15, 0.2) is 74.2 Å². The molecule has 0 radical (unpaired) electrons. The van der Waals surface area contributed by atoms with Crippen LogP contribution in [-0.4, -0.2) is 45.0 Å². The van der Waals surface area contributed by atoms with Crippen LogP contribution in [0, 0.1) is 0 Å². The van der Waals surface area contributed by atoms with Crippen molar-refractivity contribution in [1.29, 1.82) is 0 Å². The number of Topliss-reactive ketones (excluding diaryl/α,β-unsaturated/α-hetero) is 1. The molecule has 3 aromatic rings. The summed E-state index contributed by atoms with van der Waals surface area (Å²) in [6, 6.07) is 13.5. The third kappa shape index (κ3) is 6.52. The number of carbonyl (C=O) groups is 1. The Morgan fingerprint density at radius 1 is 0.974 bits per heavy atom. The molecule has 0 atom stereocenters. The summed E-state index contributed by atoms with van der Waals surface area (Å²) in [7, 11) is -7.64. The Labute approximate surface area is 236 Å². The fourth-order valence-corrected chi connectivity index (χ4v) is 8.11. The fourth-order valence-electron chi connectivity index (χ4n) is 3.90. The van der Waals surface area contributed by atoms with Gasteiger partial charge in [0.05, 0.1) is 9.92 Å². The Morgan fingerprint density at radius 2 is 1.66 bits per heavy atom. The summed E-state index contributed by atoms with van der Waals surface area (Å²) in [6.07, 6.45) is 2.90. The van der Waals surface area contributed by atoms with Crippen molar-refractivity contribution in [3.05, 3.63) is 70.3 Å². The lowest BCUT2D eigenvalue weighted by atomic mass is 10.2. The van der Waals surface area contributed by atoms with Gasteiger partial charge in [0.1, 0.15) is 16.4 Å². The number of sulfonamides is 2. The van der Waals surface area contributed by atoms with Gasteiger partial charge >= 0.3 is 0 Å². The van der Waals surface area contributed by atoms with Crippen LogP contribution in [-0.2, 0) is 20.0 Å². The average molecular weight is 615 g/mol. The van der Waals surface area contributed by atoms with E-state index in [2.05, 4.69) is 9.71 Å². The van der Waals surface area contributed by atoms with E-state index >= 15 is 0 Å². The number of benzene rings is 2. The number of ketones is 1. The van der Waals surface area contributed by atoms with Gasteiger partial charge in [0, 0.05) is 34.3 Å². The number of piperidine rings is 1. The molecule has 8 nitrogen and oxygen atoms in total. The number of nitrogens with zero attached hydrogens (tertiary/aromatic N) is 2. The van der Waals surface area contributed by atoms with Gasteiger partial charge in [0.25, 0.3) is 10.0 Å². The quantitative estimate of drug-likeness (QED) is 0.290. The van der Waals surface area contributed by atoms with Gasteiger partial charge in [-0.05, 0) is 67.4 Å². The lowest BCUT2D eigenvalue weighted by molar-refractivity contribution is 0.0980. The van der Waals surface area contributed by atoms with Gasteiger partial charge in [-0.15, -0.1) is 0 Å². The van der Waals surface area contributed by atoms with Gasteiger partial charge in [-0.1, -0.05) is 48.3 Å². The van der Waals surface area contributed by atoms with E-state index in [-0.39, 0.29) is 38.5 Å². The molecule has 2 heterocycles. The average Bonchev–Trinajstić information content (AvgIpc) is 2.89. The number of halogens is 2. The van der Waals surface area contributed by atoms with Gasteiger partial charge in [-0.2, -0.15) is 4.31 Å². The van der Waals surface area contributed by atoms with Crippen molar-refractivity contribution in [1.82, 2.24) is 9.29 Å². The molecule has 38 heavy (non-hydrogen) atoms. The van der Waals surface area contributed by atoms with E-state index in [1.807, 2.05) is 0 Å². The first-order chi connectivity index (χ1) is 18.0. The lowest BCUT2D eigenvalue weighted by Crippen LogP contribution is -2.35. The fraction of sp³-hybridized carbons (Fsp3) is 0.280. The van der Waals surface area contributed by atoms with E-state index < -0.39 is 20.0 Å². The highest BCUT2D eigenvalue weighted by Crippen LogP contribution is 2.33. The Morgan fingerprint density at radius 3 is 2.29 bits per heavy atom. The van der Waals surface area contributed by atoms with E-state index in [1.54, 1.807) is 37.3 Å². The van der Waals surface area contributed by atoms with Crippen LogP contribution in [0.5, 0.6) is 0 Å². The van der Waals surface area contributed by atoms with E-state index in [0.29, 0.717) is 27.9 Å². The van der Waals surface area contributed by atoms with Crippen LogP contribution < -0.4 is 4.72 Å². The van der Waals surface area contributed by atoms with E-state index in [0.717, 1.165) is 19.3 Å². The van der Waals surface area contributed by atoms with Crippen LogP contribution in [0.25, 0.3) is 0 Å². The number of hydrogen-bond acceptors (Lipinski definition) is 7. The summed E-state index contributed by atoms with van der Waals surface area (Å²) >= 11 is 13.2. The van der Waals surface area contributed by atoms with Gasteiger partial charge in [-0.25, -0.2) is 21.8 Å². The number of nitrogens with one attached hydrogen (secondary N) is 1. The number of aromatic nitrogens is 1. The zero-order valence-electron chi connectivity index (χ0n) is 20.4. The van der Waals surface area contributed by atoms with E-state index in [9.17, 15) is 21.6 Å². The summed E-state index contributed by atoms with van der Waals surface area (Å²) < 4.78 is 55.5. The molecular formula is C25H25Cl2N3O5S3. The minimum Gasteiger partial charge on any atom is -0.292 e. The molecule has 4 rings (SSSR count). The van der Waals surface area contributed by atoms with E-state index in [4.69, 9.17) is 23.2 Å². The third-order valence-electron chi connectivity index (χ3n) is 5.87. The molecule has 1 aromatic heterocycles. The second-order valence-electron chi connectivity index (χ2n) is 8.54. The lowest BCUT2D eigenvalue weighted by Gasteiger charge is -2.25. The molecule has 1 N–H and O–H groups in total. The molecule has 1 aliphatic heterocycles. The molecule has 0 unspecified atom stereocenters. The number of pyridine rings is 1. The van der Waals surface area contributed by atoms with Crippen molar-refractivity contribution in [2.75, 3.05) is 17.8 Å². The normalized spacial score (nSPS) is 14.8. The molecule has 0 saturated carbocycles. The first-order valence-electron chi connectivity index (χ1n) is 11.8. The Bertz CT molecular complexity index is 1560. The maximum Gasteiger partial charge on any atom is 0.264 e. The van der Waals surface area contributed by atoms with Crippen LogP contribution >= 0.6 is 35.0 Å². The van der Waals surface area contributed by atoms with Crippen molar-refractivity contribution in [2.24, 2.45) is 0 Å². The van der Waals surface area contributed by atoms with Gasteiger partial charge in [-0.3, -0.25) is 9.52 Å². The zero-order chi connectivity index (χ0) is 27.5. The molecule has 1 fully saturated rings.